The van der Waals surface area contributed by atoms with Crippen LogP contribution in [0.1, 0.15) is 13.3 Å². The largest absolute Gasteiger partial charge is 0.397 e. The molecule has 0 bridgehead atoms. The van der Waals surface area contributed by atoms with Gasteiger partial charge in [-0.15, -0.1) is 0 Å². The van der Waals surface area contributed by atoms with E-state index < -0.39 is 22.4 Å². The molecule has 3 nitrogen and oxygen atoms in total. The van der Waals surface area contributed by atoms with Crippen LogP contribution in [0.2, 0.25) is 0 Å². The normalized spacial score (nSPS) is 14.4. The number of halogens is 2. The molecular formula is C11H16F2N2OS. The van der Waals surface area contributed by atoms with E-state index in [2.05, 4.69) is 5.32 Å². The van der Waals surface area contributed by atoms with E-state index in [0.717, 1.165) is 6.07 Å². The second-order valence-electron chi connectivity index (χ2n) is 3.94. The molecule has 0 aliphatic carbocycles. The molecule has 0 heterocycles. The number of benzene rings is 1. The molecule has 0 saturated carbocycles. The Morgan fingerprint density at radius 1 is 1.47 bits per heavy atom. The Hall–Kier alpha value is -1.17. The van der Waals surface area contributed by atoms with Crippen molar-refractivity contribution >= 4 is 22.2 Å². The molecule has 0 saturated heterocycles. The summed E-state index contributed by atoms with van der Waals surface area (Å²) in [6, 6.07) is 2.17. The zero-order valence-electron chi connectivity index (χ0n) is 9.80. The van der Waals surface area contributed by atoms with Gasteiger partial charge in [0.2, 0.25) is 0 Å². The van der Waals surface area contributed by atoms with Gasteiger partial charge in [0.05, 0.1) is 11.4 Å². The fraction of sp³-hybridized carbons (Fsp3) is 0.455. The van der Waals surface area contributed by atoms with Crippen LogP contribution in [0, 0.1) is 11.6 Å². The molecule has 0 aliphatic rings. The molecule has 2 atom stereocenters. The van der Waals surface area contributed by atoms with Gasteiger partial charge in [-0.2, -0.15) is 0 Å². The summed E-state index contributed by atoms with van der Waals surface area (Å²) in [6.45, 7) is 1.80. The smallest absolute Gasteiger partial charge is 0.183 e. The average Bonchev–Trinajstić information content (AvgIpc) is 2.27. The zero-order chi connectivity index (χ0) is 13.0. The first-order chi connectivity index (χ1) is 7.91. The monoisotopic (exact) mass is 262 g/mol. The van der Waals surface area contributed by atoms with Crippen molar-refractivity contribution in [2.45, 2.75) is 19.4 Å². The Bertz CT molecular complexity index is 426. The standard InChI is InChI=1S/C11H16F2N2OS/c1-7(5-6-17(2)16)15-11-9(14)4-3-8(12)10(11)13/h3-4,7,15H,5-6,14H2,1-2H3. The molecule has 3 N–H and O–H groups in total. The summed E-state index contributed by atoms with van der Waals surface area (Å²) in [5, 5.41) is 2.80. The second-order valence-corrected chi connectivity index (χ2v) is 5.49. The predicted molar refractivity (Wildman–Crippen MR) is 67.4 cm³/mol. The number of rotatable bonds is 5. The van der Waals surface area contributed by atoms with Gasteiger partial charge in [-0.3, -0.25) is 4.21 Å². The van der Waals surface area contributed by atoms with E-state index >= 15 is 0 Å². The van der Waals surface area contributed by atoms with E-state index in [1.807, 2.05) is 0 Å². The molecule has 17 heavy (non-hydrogen) atoms. The third-order valence-electron chi connectivity index (χ3n) is 2.36. The molecule has 1 aromatic rings. The van der Waals surface area contributed by atoms with E-state index in [9.17, 15) is 13.0 Å². The lowest BCUT2D eigenvalue weighted by Gasteiger charge is -2.17. The summed E-state index contributed by atoms with van der Waals surface area (Å²) < 4.78 is 37.4. The Morgan fingerprint density at radius 3 is 2.71 bits per heavy atom. The van der Waals surface area contributed by atoms with Gasteiger partial charge in [0.15, 0.2) is 11.6 Å². The van der Waals surface area contributed by atoms with Crippen molar-refractivity contribution in [3.63, 3.8) is 0 Å². The third-order valence-corrected chi connectivity index (χ3v) is 3.17. The summed E-state index contributed by atoms with van der Waals surface area (Å²) in [7, 11) is -0.898. The lowest BCUT2D eigenvalue weighted by Crippen LogP contribution is -2.20. The molecule has 0 amide bonds. The van der Waals surface area contributed by atoms with Crippen molar-refractivity contribution in [1.29, 1.82) is 0 Å². The van der Waals surface area contributed by atoms with Gasteiger partial charge in [0, 0.05) is 28.9 Å². The first-order valence-electron chi connectivity index (χ1n) is 5.22. The Morgan fingerprint density at radius 2 is 2.12 bits per heavy atom. The quantitative estimate of drug-likeness (QED) is 0.799. The molecule has 0 aliphatic heterocycles. The highest BCUT2D eigenvalue weighted by Crippen LogP contribution is 2.25. The highest BCUT2D eigenvalue weighted by Gasteiger charge is 2.14. The van der Waals surface area contributed by atoms with E-state index in [1.54, 1.807) is 13.2 Å². The van der Waals surface area contributed by atoms with E-state index in [4.69, 9.17) is 5.73 Å². The van der Waals surface area contributed by atoms with Crippen molar-refractivity contribution in [1.82, 2.24) is 0 Å². The van der Waals surface area contributed by atoms with Crippen LogP contribution in [0.4, 0.5) is 20.2 Å². The Balaban J connectivity index is 2.74. The van der Waals surface area contributed by atoms with E-state index in [1.165, 1.54) is 6.07 Å². The molecule has 0 spiro atoms. The lowest BCUT2D eigenvalue weighted by atomic mass is 10.2. The van der Waals surface area contributed by atoms with Crippen LogP contribution in [-0.2, 0) is 10.8 Å². The van der Waals surface area contributed by atoms with Crippen molar-refractivity contribution in [2.75, 3.05) is 23.1 Å². The number of anilines is 2. The molecule has 0 fully saturated rings. The van der Waals surface area contributed by atoms with E-state index in [-0.39, 0.29) is 17.4 Å². The van der Waals surface area contributed by atoms with Crippen LogP contribution in [-0.4, -0.2) is 22.3 Å². The van der Waals surface area contributed by atoms with Crippen molar-refractivity contribution < 1.29 is 13.0 Å². The molecule has 2 unspecified atom stereocenters. The summed E-state index contributed by atoms with van der Waals surface area (Å²) in [6.07, 6.45) is 2.20. The number of hydrogen-bond donors (Lipinski definition) is 2. The number of nitrogens with two attached hydrogens (primary N) is 1. The van der Waals surface area contributed by atoms with Crippen LogP contribution in [0.3, 0.4) is 0 Å². The maximum Gasteiger partial charge on any atom is 0.183 e. The highest BCUT2D eigenvalue weighted by molar-refractivity contribution is 7.84. The van der Waals surface area contributed by atoms with Crippen LogP contribution in [0.25, 0.3) is 0 Å². The minimum Gasteiger partial charge on any atom is -0.397 e. The first-order valence-corrected chi connectivity index (χ1v) is 6.94. The summed E-state index contributed by atoms with van der Waals surface area (Å²) >= 11 is 0. The Labute approximate surface area is 102 Å². The van der Waals surface area contributed by atoms with Gasteiger partial charge in [-0.25, -0.2) is 8.78 Å². The molecule has 0 radical (unpaired) electrons. The summed E-state index contributed by atoms with van der Waals surface area (Å²) in [4.78, 5) is 0. The maximum absolute atomic E-state index is 13.4. The summed E-state index contributed by atoms with van der Waals surface area (Å²) in [5.74, 6) is -1.41. The predicted octanol–water partition coefficient (Wildman–Crippen LogP) is 2.12. The van der Waals surface area contributed by atoms with Gasteiger partial charge in [-0.05, 0) is 25.5 Å². The van der Waals surface area contributed by atoms with Crippen LogP contribution >= 0.6 is 0 Å². The van der Waals surface area contributed by atoms with E-state index in [0.29, 0.717) is 12.2 Å². The third kappa shape index (κ3) is 3.96. The lowest BCUT2D eigenvalue weighted by molar-refractivity contribution is 0.510. The van der Waals surface area contributed by atoms with Crippen LogP contribution in [0.5, 0.6) is 0 Å². The van der Waals surface area contributed by atoms with Gasteiger partial charge in [0.1, 0.15) is 0 Å². The fourth-order valence-corrected chi connectivity index (χ4v) is 2.06. The van der Waals surface area contributed by atoms with Crippen molar-refractivity contribution in [3.8, 4) is 0 Å². The molecule has 96 valence electrons. The maximum atomic E-state index is 13.4. The summed E-state index contributed by atoms with van der Waals surface area (Å²) in [5.41, 5.74) is 5.70. The molecule has 1 rings (SSSR count). The first kappa shape index (κ1) is 13.9. The average molecular weight is 262 g/mol. The minimum atomic E-state index is -0.977. The van der Waals surface area contributed by atoms with Gasteiger partial charge in [0.25, 0.3) is 0 Å². The fourth-order valence-electron chi connectivity index (χ4n) is 1.37. The number of nitrogens with one attached hydrogen (secondary N) is 1. The molecule has 0 aromatic heterocycles. The zero-order valence-corrected chi connectivity index (χ0v) is 10.6. The Kier molecular flexibility index (Phi) is 4.86. The van der Waals surface area contributed by atoms with Gasteiger partial charge >= 0.3 is 0 Å². The number of hydrogen-bond acceptors (Lipinski definition) is 3. The highest BCUT2D eigenvalue weighted by atomic mass is 32.2. The van der Waals surface area contributed by atoms with Crippen molar-refractivity contribution in [2.24, 2.45) is 0 Å². The topological polar surface area (TPSA) is 55.1 Å². The SMILES string of the molecule is CC(CCS(C)=O)Nc1c(N)ccc(F)c1F. The second kappa shape index (κ2) is 5.95. The molecule has 6 heteroatoms. The van der Waals surface area contributed by atoms with Gasteiger partial charge in [-0.1, -0.05) is 0 Å². The number of nitrogen functional groups attached to an aromatic ring is 1. The van der Waals surface area contributed by atoms with Crippen molar-refractivity contribution in [3.05, 3.63) is 23.8 Å². The van der Waals surface area contributed by atoms with Crippen LogP contribution in [0.15, 0.2) is 12.1 Å². The minimum absolute atomic E-state index is 0.0283. The molecule has 1 aromatic carbocycles. The molecular weight excluding hydrogens is 246 g/mol. The van der Waals surface area contributed by atoms with Gasteiger partial charge < -0.3 is 11.1 Å². The van der Waals surface area contributed by atoms with Crippen LogP contribution < -0.4 is 11.1 Å².